The van der Waals surface area contributed by atoms with Crippen LogP contribution in [0.3, 0.4) is 0 Å². The molecule has 0 saturated carbocycles. The second kappa shape index (κ2) is 5.11. The van der Waals surface area contributed by atoms with Gasteiger partial charge in [-0.25, -0.2) is 9.18 Å². The summed E-state index contributed by atoms with van der Waals surface area (Å²) in [5.74, 6) is -1.57. The van der Waals surface area contributed by atoms with Crippen molar-refractivity contribution in [3.8, 4) is 0 Å². The lowest BCUT2D eigenvalue weighted by atomic mass is 9.95. The molecule has 0 heterocycles. The fourth-order valence-corrected chi connectivity index (χ4v) is 1.27. The molecule has 7 heteroatoms. The summed E-state index contributed by atoms with van der Waals surface area (Å²) in [7, 11) is 0. The van der Waals surface area contributed by atoms with Gasteiger partial charge >= 0.3 is 5.97 Å². The number of unbranched alkanes of at least 4 members (excludes halogenated alkanes) is 1. The molecule has 0 aliphatic carbocycles. The van der Waals surface area contributed by atoms with E-state index in [0.29, 0.717) is 19.4 Å². The number of carboxylic acid groups (broad SMARTS) is 1. The SMILES string of the molecule is NCCCC[C@](N)(C(=O)O)C(F)(Cl)Cl. The van der Waals surface area contributed by atoms with Crippen molar-refractivity contribution in [2.75, 3.05) is 6.54 Å². The first kappa shape index (κ1) is 13.9. The first-order chi connectivity index (χ1) is 6.25. The summed E-state index contributed by atoms with van der Waals surface area (Å²) in [5.41, 5.74) is 8.19. The van der Waals surface area contributed by atoms with Crippen LogP contribution >= 0.6 is 23.2 Å². The van der Waals surface area contributed by atoms with Gasteiger partial charge in [-0.2, -0.15) is 0 Å². The summed E-state index contributed by atoms with van der Waals surface area (Å²) in [6, 6.07) is 0. The van der Waals surface area contributed by atoms with Crippen LogP contribution < -0.4 is 11.5 Å². The molecule has 0 aromatic carbocycles. The van der Waals surface area contributed by atoms with E-state index in [0.717, 1.165) is 0 Å². The van der Waals surface area contributed by atoms with E-state index in [1.54, 1.807) is 0 Å². The zero-order valence-corrected chi connectivity index (χ0v) is 8.98. The highest BCUT2D eigenvalue weighted by Crippen LogP contribution is 2.37. The predicted molar refractivity (Wildman–Crippen MR) is 53.0 cm³/mol. The smallest absolute Gasteiger partial charge is 0.329 e. The molecule has 0 aromatic heterocycles. The number of carboxylic acids is 1. The second-order valence-electron chi connectivity index (χ2n) is 3.02. The van der Waals surface area contributed by atoms with E-state index in [-0.39, 0.29) is 6.42 Å². The van der Waals surface area contributed by atoms with E-state index in [4.69, 9.17) is 39.8 Å². The monoisotopic (exact) mass is 246 g/mol. The van der Waals surface area contributed by atoms with E-state index in [2.05, 4.69) is 0 Å². The highest BCUT2D eigenvalue weighted by molar-refractivity contribution is 6.49. The van der Waals surface area contributed by atoms with Crippen LogP contribution in [-0.2, 0) is 4.79 Å². The number of halogens is 3. The highest BCUT2D eigenvalue weighted by Gasteiger charge is 2.53. The molecule has 0 radical (unpaired) electrons. The molecule has 0 aliphatic rings. The maximum atomic E-state index is 13.1. The van der Waals surface area contributed by atoms with Crippen molar-refractivity contribution in [1.29, 1.82) is 0 Å². The van der Waals surface area contributed by atoms with Gasteiger partial charge in [0.15, 0.2) is 5.54 Å². The third-order valence-corrected chi connectivity index (χ3v) is 2.59. The summed E-state index contributed by atoms with van der Waals surface area (Å²) >= 11 is 10.2. The number of aliphatic carboxylic acids is 1. The highest BCUT2D eigenvalue weighted by atomic mass is 35.5. The Morgan fingerprint density at radius 1 is 1.43 bits per heavy atom. The molecular weight excluding hydrogens is 234 g/mol. The Balaban J connectivity index is 4.50. The van der Waals surface area contributed by atoms with E-state index < -0.39 is 16.1 Å². The van der Waals surface area contributed by atoms with Gasteiger partial charge in [0, 0.05) is 0 Å². The minimum atomic E-state index is -2.99. The summed E-state index contributed by atoms with van der Waals surface area (Å²) < 4.78 is 10.1. The molecular formula is C7H13Cl2FN2O2. The topological polar surface area (TPSA) is 89.3 Å². The van der Waals surface area contributed by atoms with Crippen molar-refractivity contribution in [2.24, 2.45) is 11.5 Å². The summed E-state index contributed by atoms with van der Waals surface area (Å²) in [4.78, 5) is 10.7. The van der Waals surface area contributed by atoms with Gasteiger partial charge in [-0.15, -0.1) is 0 Å². The average molecular weight is 247 g/mol. The molecule has 0 fully saturated rings. The van der Waals surface area contributed by atoms with Gasteiger partial charge < -0.3 is 16.6 Å². The van der Waals surface area contributed by atoms with E-state index in [1.165, 1.54) is 0 Å². The standard InChI is InChI=1S/C7H13Cl2FN2O2/c8-7(9,10)6(12,5(13)14)3-1-2-4-11/h1-4,11-12H2,(H,13,14)/t6-/m0/s1. The van der Waals surface area contributed by atoms with Crippen molar-refractivity contribution in [3.05, 3.63) is 0 Å². The van der Waals surface area contributed by atoms with Crippen LogP contribution in [0.5, 0.6) is 0 Å². The van der Waals surface area contributed by atoms with E-state index >= 15 is 0 Å². The molecule has 0 bridgehead atoms. The number of carbonyl (C=O) groups is 1. The van der Waals surface area contributed by atoms with Gasteiger partial charge in [-0.1, -0.05) is 23.2 Å². The number of rotatable bonds is 6. The Bertz CT molecular complexity index is 210. The van der Waals surface area contributed by atoms with Gasteiger partial charge in [0.1, 0.15) is 0 Å². The minimum Gasteiger partial charge on any atom is -0.480 e. The lowest BCUT2D eigenvalue weighted by molar-refractivity contribution is -0.145. The Morgan fingerprint density at radius 2 is 1.93 bits per heavy atom. The summed E-state index contributed by atoms with van der Waals surface area (Å²) in [6.07, 6.45) is 0.726. The summed E-state index contributed by atoms with van der Waals surface area (Å²) in [6.45, 7) is 0.375. The molecule has 0 saturated heterocycles. The Hall–Kier alpha value is -0.100. The molecule has 0 aliphatic heterocycles. The Labute approximate surface area is 91.3 Å². The molecule has 0 rings (SSSR count). The van der Waals surface area contributed by atoms with Crippen molar-refractivity contribution in [1.82, 2.24) is 0 Å². The van der Waals surface area contributed by atoms with Crippen LogP contribution in [0.4, 0.5) is 4.39 Å². The fourth-order valence-electron chi connectivity index (χ4n) is 0.918. The van der Waals surface area contributed by atoms with E-state index in [1.807, 2.05) is 0 Å². The van der Waals surface area contributed by atoms with Gasteiger partial charge in [0.25, 0.3) is 4.59 Å². The van der Waals surface area contributed by atoms with Crippen molar-refractivity contribution in [3.63, 3.8) is 0 Å². The van der Waals surface area contributed by atoms with Crippen LogP contribution in [0.2, 0.25) is 0 Å². The van der Waals surface area contributed by atoms with Gasteiger partial charge in [0.05, 0.1) is 0 Å². The third kappa shape index (κ3) is 3.24. The van der Waals surface area contributed by atoms with Gasteiger partial charge in [0.2, 0.25) is 0 Å². The van der Waals surface area contributed by atoms with Gasteiger partial charge in [-0.3, -0.25) is 0 Å². The lowest BCUT2D eigenvalue weighted by Gasteiger charge is -2.30. The third-order valence-electron chi connectivity index (χ3n) is 1.91. The first-order valence-electron chi connectivity index (χ1n) is 4.05. The largest absolute Gasteiger partial charge is 0.480 e. The molecule has 14 heavy (non-hydrogen) atoms. The van der Waals surface area contributed by atoms with Crippen molar-refractivity contribution < 1.29 is 14.3 Å². The maximum Gasteiger partial charge on any atom is 0.329 e. The predicted octanol–water partition coefficient (Wildman–Crippen LogP) is 0.998. The normalized spacial score (nSPS) is 16.4. The molecule has 0 spiro atoms. The molecule has 0 unspecified atom stereocenters. The molecule has 0 aromatic rings. The van der Waals surface area contributed by atoms with Crippen LogP contribution in [0, 0.1) is 0 Å². The molecule has 0 amide bonds. The zero-order valence-electron chi connectivity index (χ0n) is 7.47. The molecule has 1 atom stereocenters. The number of alkyl halides is 3. The Kier molecular flexibility index (Phi) is 5.08. The minimum absolute atomic E-state index is 0.164. The average Bonchev–Trinajstić information content (AvgIpc) is 2.02. The molecule has 4 nitrogen and oxygen atoms in total. The fraction of sp³-hybridized carbons (Fsp3) is 0.857. The molecule has 84 valence electrons. The quantitative estimate of drug-likeness (QED) is 0.482. The number of nitrogens with two attached hydrogens (primary N) is 2. The summed E-state index contributed by atoms with van der Waals surface area (Å²) in [5, 5.41) is 8.70. The lowest BCUT2D eigenvalue weighted by Crippen LogP contribution is -2.58. The Morgan fingerprint density at radius 3 is 2.21 bits per heavy atom. The number of hydrogen-bond donors (Lipinski definition) is 3. The number of hydrogen-bond acceptors (Lipinski definition) is 3. The van der Waals surface area contributed by atoms with Crippen LogP contribution in [0.25, 0.3) is 0 Å². The van der Waals surface area contributed by atoms with Crippen LogP contribution in [0.15, 0.2) is 0 Å². The van der Waals surface area contributed by atoms with E-state index in [9.17, 15) is 9.18 Å². The van der Waals surface area contributed by atoms with Gasteiger partial charge in [-0.05, 0) is 25.8 Å². The maximum absolute atomic E-state index is 13.1. The van der Waals surface area contributed by atoms with Crippen LogP contribution in [-0.4, -0.2) is 27.7 Å². The first-order valence-corrected chi connectivity index (χ1v) is 4.80. The van der Waals surface area contributed by atoms with Crippen molar-refractivity contribution >= 4 is 29.2 Å². The van der Waals surface area contributed by atoms with Crippen molar-refractivity contribution in [2.45, 2.75) is 29.4 Å². The second-order valence-corrected chi connectivity index (χ2v) is 4.26. The molecule has 5 N–H and O–H groups in total. The zero-order chi connectivity index (χ0) is 11.4. The van der Waals surface area contributed by atoms with Crippen LogP contribution in [0.1, 0.15) is 19.3 Å².